The summed E-state index contributed by atoms with van der Waals surface area (Å²) in [6.07, 6.45) is 3.16. The first-order valence-corrected chi connectivity index (χ1v) is 4.26. The van der Waals surface area contributed by atoms with Gasteiger partial charge in [-0.05, 0) is 12.1 Å². The molecule has 0 spiro atoms. The Morgan fingerprint density at radius 3 is 2.46 bits per heavy atom. The van der Waals surface area contributed by atoms with E-state index < -0.39 is 0 Å². The smallest absolute Gasteiger partial charge is 0.143 e. The molecule has 2 aromatic rings. The van der Waals surface area contributed by atoms with E-state index in [0.717, 1.165) is 0 Å². The van der Waals surface area contributed by atoms with Gasteiger partial charge in [0.1, 0.15) is 11.3 Å². The van der Waals surface area contributed by atoms with Crippen molar-refractivity contribution in [3.8, 4) is 5.75 Å². The molecule has 1 aromatic carbocycles. The minimum atomic E-state index is 0.176. The molecule has 3 heteroatoms. The number of aromatic hydroxyl groups is 1. The lowest BCUT2D eigenvalue weighted by Crippen LogP contribution is -1.80. The maximum absolute atomic E-state index is 9.27. The van der Waals surface area contributed by atoms with Gasteiger partial charge in [-0.1, -0.05) is 19.9 Å². The average molecular weight is 176 g/mol. The van der Waals surface area contributed by atoms with Crippen LogP contribution >= 0.6 is 0 Å². The number of phenolic OH excluding ortho intramolecular Hbond substituents is 1. The largest absolute Gasteiger partial charge is 0.506 e. The van der Waals surface area contributed by atoms with Crippen molar-refractivity contribution in [1.82, 2.24) is 9.97 Å². The standard InChI is InChI=1S/C8H6N2O.C2H6/c11-7-3-1-2-6-8(7)10-5-4-9-6;1-2/h1-5,11H;1-2H3. The number of nitrogens with zero attached hydrogens (tertiary/aromatic N) is 2. The molecule has 0 amide bonds. The summed E-state index contributed by atoms with van der Waals surface area (Å²) >= 11 is 0. The van der Waals surface area contributed by atoms with E-state index in [1.807, 2.05) is 19.9 Å². The first-order valence-electron chi connectivity index (χ1n) is 4.26. The van der Waals surface area contributed by atoms with Gasteiger partial charge in [-0.25, -0.2) is 4.98 Å². The van der Waals surface area contributed by atoms with Crippen LogP contribution in [-0.4, -0.2) is 15.1 Å². The third kappa shape index (κ3) is 1.93. The lowest BCUT2D eigenvalue weighted by molar-refractivity contribution is 0.480. The molecule has 13 heavy (non-hydrogen) atoms. The second-order valence-electron chi connectivity index (χ2n) is 2.20. The average Bonchev–Trinajstić information content (AvgIpc) is 2.22. The molecule has 0 saturated carbocycles. The molecular weight excluding hydrogens is 164 g/mol. The van der Waals surface area contributed by atoms with Crippen molar-refractivity contribution < 1.29 is 5.11 Å². The fourth-order valence-electron chi connectivity index (χ4n) is 0.977. The zero-order valence-corrected chi connectivity index (χ0v) is 7.73. The first kappa shape index (κ1) is 9.45. The zero-order valence-electron chi connectivity index (χ0n) is 7.73. The van der Waals surface area contributed by atoms with Crippen LogP contribution in [0.15, 0.2) is 30.6 Å². The molecule has 3 nitrogen and oxygen atoms in total. The van der Waals surface area contributed by atoms with Crippen molar-refractivity contribution in [3.05, 3.63) is 30.6 Å². The second kappa shape index (κ2) is 4.40. The van der Waals surface area contributed by atoms with Gasteiger partial charge in [0.15, 0.2) is 0 Å². The predicted molar refractivity (Wildman–Crippen MR) is 52.6 cm³/mol. The maximum Gasteiger partial charge on any atom is 0.143 e. The van der Waals surface area contributed by atoms with E-state index in [1.165, 1.54) is 0 Å². The van der Waals surface area contributed by atoms with Gasteiger partial charge in [0.25, 0.3) is 0 Å². The molecule has 1 heterocycles. The fourth-order valence-corrected chi connectivity index (χ4v) is 0.977. The monoisotopic (exact) mass is 176 g/mol. The van der Waals surface area contributed by atoms with E-state index in [0.29, 0.717) is 11.0 Å². The van der Waals surface area contributed by atoms with Gasteiger partial charge in [0.05, 0.1) is 5.52 Å². The molecule has 0 atom stereocenters. The Morgan fingerprint density at radius 1 is 1.08 bits per heavy atom. The Morgan fingerprint density at radius 2 is 1.77 bits per heavy atom. The van der Waals surface area contributed by atoms with E-state index in [1.54, 1.807) is 24.5 Å². The highest BCUT2D eigenvalue weighted by atomic mass is 16.3. The first-order chi connectivity index (χ1) is 6.38. The molecule has 0 fully saturated rings. The predicted octanol–water partition coefficient (Wildman–Crippen LogP) is 2.36. The molecule has 1 N–H and O–H groups in total. The molecule has 0 aliphatic rings. The molecule has 0 unspecified atom stereocenters. The highest BCUT2D eigenvalue weighted by molar-refractivity contribution is 5.79. The molecule has 0 saturated heterocycles. The van der Waals surface area contributed by atoms with Gasteiger partial charge in [-0.3, -0.25) is 4.98 Å². The van der Waals surface area contributed by atoms with Crippen LogP contribution < -0.4 is 0 Å². The Labute approximate surface area is 77.1 Å². The van der Waals surface area contributed by atoms with E-state index in [-0.39, 0.29) is 5.75 Å². The van der Waals surface area contributed by atoms with Gasteiger partial charge in [0.2, 0.25) is 0 Å². The van der Waals surface area contributed by atoms with E-state index in [9.17, 15) is 5.11 Å². The summed E-state index contributed by atoms with van der Waals surface area (Å²) in [5, 5.41) is 9.27. The number of hydrogen-bond acceptors (Lipinski definition) is 3. The van der Waals surface area contributed by atoms with Crippen molar-refractivity contribution in [2.75, 3.05) is 0 Å². The summed E-state index contributed by atoms with van der Waals surface area (Å²) in [6.45, 7) is 4.00. The van der Waals surface area contributed by atoms with Crippen LogP contribution in [0.2, 0.25) is 0 Å². The number of hydrogen-bond donors (Lipinski definition) is 1. The van der Waals surface area contributed by atoms with Crippen molar-refractivity contribution in [3.63, 3.8) is 0 Å². The SMILES string of the molecule is CC.Oc1cccc2nccnc12. The maximum atomic E-state index is 9.27. The normalized spacial score (nSPS) is 9.08. The molecular formula is C10H12N2O. The third-order valence-corrected chi connectivity index (χ3v) is 1.48. The van der Waals surface area contributed by atoms with Crippen molar-refractivity contribution >= 4 is 11.0 Å². The lowest BCUT2D eigenvalue weighted by atomic mass is 10.3. The Bertz CT molecular complexity index is 382. The summed E-state index contributed by atoms with van der Waals surface area (Å²) in [7, 11) is 0. The van der Waals surface area contributed by atoms with Gasteiger partial charge < -0.3 is 5.11 Å². The summed E-state index contributed by atoms with van der Waals surface area (Å²) in [6, 6.07) is 5.14. The quantitative estimate of drug-likeness (QED) is 0.670. The number of phenols is 1. The van der Waals surface area contributed by atoms with Crippen LogP contribution in [0.25, 0.3) is 11.0 Å². The van der Waals surface area contributed by atoms with Gasteiger partial charge in [-0.15, -0.1) is 0 Å². The van der Waals surface area contributed by atoms with Crippen molar-refractivity contribution in [2.24, 2.45) is 0 Å². The molecule has 2 rings (SSSR count). The lowest BCUT2D eigenvalue weighted by Gasteiger charge is -1.95. The topological polar surface area (TPSA) is 46.0 Å². The van der Waals surface area contributed by atoms with Crippen LogP contribution in [0.1, 0.15) is 13.8 Å². The number of fused-ring (bicyclic) bond motifs is 1. The molecule has 1 aromatic heterocycles. The minimum Gasteiger partial charge on any atom is -0.506 e. The zero-order chi connectivity index (χ0) is 9.68. The summed E-state index contributed by atoms with van der Waals surface area (Å²) < 4.78 is 0. The second-order valence-corrected chi connectivity index (χ2v) is 2.20. The van der Waals surface area contributed by atoms with E-state index in [2.05, 4.69) is 9.97 Å². The molecule has 0 radical (unpaired) electrons. The van der Waals surface area contributed by atoms with Gasteiger partial charge >= 0.3 is 0 Å². The third-order valence-electron chi connectivity index (χ3n) is 1.48. The summed E-state index contributed by atoms with van der Waals surface area (Å²) in [4.78, 5) is 7.99. The number of rotatable bonds is 0. The van der Waals surface area contributed by atoms with Crippen LogP contribution in [-0.2, 0) is 0 Å². The Kier molecular flexibility index (Phi) is 3.20. The Hall–Kier alpha value is -1.64. The number of benzene rings is 1. The van der Waals surface area contributed by atoms with Gasteiger partial charge in [-0.2, -0.15) is 0 Å². The van der Waals surface area contributed by atoms with E-state index in [4.69, 9.17) is 0 Å². The molecule has 0 bridgehead atoms. The van der Waals surface area contributed by atoms with Gasteiger partial charge in [0, 0.05) is 12.4 Å². The highest BCUT2D eigenvalue weighted by Crippen LogP contribution is 2.18. The Balaban J connectivity index is 0.000000396. The number of aromatic nitrogens is 2. The van der Waals surface area contributed by atoms with Crippen LogP contribution in [0.4, 0.5) is 0 Å². The summed E-state index contributed by atoms with van der Waals surface area (Å²) in [5.41, 5.74) is 1.27. The number of para-hydroxylation sites is 1. The van der Waals surface area contributed by atoms with Crippen LogP contribution in [0.3, 0.4) is 0 Å². The molecule has 68 valence electrons. The fraction of sp³-hybridized carbons (Fsp3) is 0.200. The van der Waals surface area contributed by atoms with Crippen molar-refractivity contribution in [2.45, 2.75) is 13.8 Å². The molecule has 0 aliphatic heterocycles. The molecule has 0 aliphatic carbocycles. The van der Waals surface area contributed by atoms with Crippen LogP contribution in [0, 0.1) is 0 Å². The van der Waals surface area contributed by atoms with Crippen LogP contribution in [0.5, 0.6) is 5.75 Å². The summed E-state index contributed by atoms with van der Waals surface area (Å²) in [5.74, 6) is 0.176. The minimum absolute atomic E-state index is 0.176. The van der Waals surface area contributed by atoms with E-state index >= 15 is 0 Å². The van der Waals surface area contributed by atoms with Crippen molar-refractivity contribution in [1.29, 1.82) is 0 Å². The highest BCUT2D eigenvalue weighted by Gasteiger charge is 1.97.